The van der Waals surface area contributed by atoms with Crippen LogP contribution in [0.1, 0.15) is 15.9 Å². The largest absolute Gasteiger partial charge is 0.398 e. The normalized spacial score (nSPS) is 10.4. The molecule has 0 heterocycles. The van der Waals surface area contributed by atoms with Gasteiger partial charge in [0.2, 0.25) is 0 Å². The van der Waals surface area contributed by atoms with Crippen LogP contribution in [0.5, 0.6) is 0 Å². The highest BCUT2D eigenvalue weighted by molar-refractivity contribution is 6.33. The maximum atomic E-state index is 12.5. The summed E-state index contributed by atoms with van der Waals surface area (Å²) < 4.78 is 0. The van der Waals surface area contributed by atoms with Crippen LogP contribution >= 0.6 is 11.6 Å². The summed E-state index contributed by atoms with van der Waals surface area (Å²) in [5.74, 6) is -0.185. The smallest absolute Gasteiger partial charge is 0.254 e. The van der Waals surface area contributed by atoms with Gasteiger partial charge in [0.05, 0.1) is 17.3 Å². The van der Waals surface area contributed by atoms with Crippen LogP contribution in [0, 0.1) is 0 Å². The molecule has 5 heteroatoms. The number of nitrogen functional groups attached to an aromatic ring is 1. The van der Waals surface area contributed by atoms with E-state index in [0.29, 0.717) is 22.8 Å². The summed E-state index contributed by atoms with van der Waals surface area (Å²) in [6.07, 6.45) is 0. The number of halogens is 1. The monoisotopic (exact) mass is 304 g/mol. The molecule has 2 aromatic rings. The number of carbonyl (C=O) groups is 1. The molecule has 0 spiro atoms. The second-order valence-corrected chi connectivity index (χ2v) is 5.08. The molecule has 0 fully saturated rings. The topological polar surface area (TPSA) is 66.6 Å². The van der Waals surface area contributed by atoms with E-state index in [4.69, 9.17) is 22.4 Å². The van der Waals surface area contributed by atoms with Crippen LogP contribution in [0.4, 0.5) is 5.69 Å². The molecule has 2 aromatic carbocycles. The lowest BCUT2D eigenvalue weighted by Gasteiger charge is -2.22. The number of amides is 1. The van der Waals surface area contributed by atoms with Crippen molar-refractivity contribution in [1.29, 1.82) is 0 Å². The van der Waals surface area contributed by atoms with E-state index >= 15 is 0 Å². The molecule has 0 aliphatic carbocycles. The summed E-state index contributed by atoms with van der Waals surface area (Å²) >= 11 is 5.95. The summed E-state index contributed by atoms with van der Waals surface area (Å²) in [4.78, 5) is 14.1. The molecule has 0 atom stereocenters. The van der Waals surface area contributed by atoms with E-state index < -0.39 is 0 Å². The first-order valence-electron chi connectivity index (χ1n) is 6.61. The van der Waals surface area contributed by atoms with Crippen molar-refractivity contribution < 1.29 is 9.90 Å². The Labute approximate surface area is 128 Å². The maximum absolute atomic E-state index is 12.5. The molecule has 0 aliphatic rings. The first kappa shape index (κ1) is 15.4. The number of nitrogens with two attached hydrogens (primary N) is 1. The molecule has 0 saturated carbocycles. The maximum Gasteiger partial charge on any atom is 0.254 e. The van der Waals surface area contributed by atoms with E-state index in [1.54, 1.807) is 23.1 Å². The first-order chi connectivity index (χ1) is 10.1. The summed E-state index contributed by atoms with van der Waals surface area (Å²) in [7, 11) is 0. The molecular weight excluding hydrogens is 288 g/mol. The van der Waals surface area contributed by atoms with E-state index in [1.807, 2.05) is 30.3 Å². The fraction of sp³-hybridized carbons (Fsp3) is 0.188. The molecular formula is C16H17ClN2O2. The third-order valence-corrected chi connectivity index (χ3v) is 3.45. The van der Waals surface area contributed by atoms with Gasteiger partial charge in [0.15, 0.2) is 0 Å². The zero-order chi connectivity index (χ0) is 15.2. The van der Waals surface area contributed by atoms with Crippen LogP contribution in [-0.2, 0) is 6.54 Å². The van der Waals surface area contributed by atoms with Gasteiger partial charge in [0.1, 0.15) is 0 Å². The van der Waals surface area contributed by atoms with E-state index in [1.165, 1.54) is 0 Å². The number of rotatable bonds is 5. The minimum Gasteiger partial charge on any atom is -0.398 e. The molecule has 0 aromatic heterocycles. The van der Waals surface area contributed by atoms with Crippen LogP contribution in [0.2, 0.25) is 5.02 Å². The van der Waals surface area contributed by atoms with E-state index in [0.717, 1.165) is 5.56 Å². The van der Waals surface area contributed by atoms with E-state index in [-0.39, 0.29) is 19.1 Å². The molecule has 0 saturated heterocycles. The standard InChI is InChI=1S/C16H17ClN2O2/c17-14-10-13(6-7-15(14)18)16(21)19(8-9-20)11-12-4-2-1-3-5-12/h1-7,10,20H,8-9,11,18H2. The molecule has 0 aliphatic heterocycles. The molecule has 21 heavy (non-hydrogen) atoms. The number of hydrogen-bond donors (Lipinski definition) is 2. The molecule has 0 unspecified atom stereocenters. The molecule has 1 amide bonds. The van der Waals surface area contributed by atoms with Crippen LogP contribution < -0.4 is 5.73 Å². The van der Waals surface area contributed by atoms with Crippen LogP contribution in [0.25, 0.3) is 0 Å². The predicted octanol–water partition coefficient (Wildman–Crippen LogP) is 2.56. The van der Waals surface area contributed by atoms with Gasteiger partial charge in [-0.05, 0) is 23.8 Å². The minimum atomic E-state index is -0.185. The second kappa shape index (κ2) is 7.11. The zero-order valence-electron chi connectivity index (χ0n) is 11.5. The van der Waals surface area contributed by atoms with Gasteiger partial charge in [-0.15, -0.1) is 0 Å². The van der Waals surface area contributed by atoms with Crippen LogP contribution in [0.3, 0.4) is 0 Å². The fourth-order valence-electron chi connectivity index (χ4n) is 2.02. The highest BCUT2D eigenvalue weighted by Gasteiger charge is 2.16. The molecule has 110 valence electrons. The van der Waals surface area contributed by atoms with Gasteiger partial charge in [-0.2, -0.15) is 0 Å². The number of aliphatic hydroxyl groups excluding tert-OH is 1. The third kappa shape index (κ3) is 3.97. The van der Waals surface area contributed by atoms with Crippen molar-refractivity contribution in [3.8, 4) is 0 Å². The number of carbonyl (C=O) groups excluding carboxylic acids is 1. The number of benzene rings is 2. The quantitative estimate of drug-likeness (QED) is 0.834. The average Bonchev–Trinajstić information content (AvgIpc) is 2.50. The summed E-state index contributed by atoms with van der Waals surface area (Å²) in [5.41, 5.74) is 7.54. The van der Waals surface area contributed by atoms with Gasteiger partial charge in [-0.3, -0.25) is 4.79 Å². The van der Waals surface area contributed by atoms with Gasteiger partial charge in [0, 0.05) is 18.7 Å². The highest BCUT2D eigenvalue weighted by atomic mass is 35.5. The van der Waals surface area contributed by atoms with Gasteiger partial charge < -0.3 is 15.7 Å². The molecule has 2 rings (SSSR count). The van der Waals surface area contributed by atoms with Crippen molar-refractivity contribution in [2.24, 2.45) is 0 Å². The lowest BCUT2D eigenvalue weighted by Crippen LogP contribution is -2.33. The van der Waals surface area contributed by atoms with Crippen molar-refractivity contribution >= 4 is 23.2 Å². The number of nitrogens with zero attached hydrogens (tertiary/aromatic N) is 1. The average molecular weight is 305 g/mol. The van der Waals surface area contributed by atoms with Gasteiger partial charge in [-0.1, -0.05) is 41.9 Å². The van der Waals surface area contributed by atoms with Crippen molar-refractivity contribution in [2.45, 2.75) is 6.54 Å². The van der Waals surface area contributed by atoms with Crippen molar-refractivity contribution in [3.63, 3.8) is 0 Å². The Bertz CT molecular complexity index is 617. The highest BCUT2D eigenvalue weighted by Crippen LogP contribution is 2.21. The molecule has 0 bridgehead atoms. The Morgan fingerprint density at radius 2 is 1.90 bits per heavy atom. The molecule has 0 radical (unpaired) electrons. The summed E-state index contributed by atoms with van der Waals surface area (Å²) in [6.45, 7) is 0.596. The van der Waals surface area contributed by atoms with E-state index in [9.17, 15) is 4.79 Å². The summed E-state index contributed by atoms with van der Waals surface area (Å²) in [6, 6.07) is 14.4. The Hall–Kier alpha value is -2.04. The number of hydrogen-bond acceptors (Lipinski definition) is 3. The Kier molecular flexibility index (Phi) is 5.20. The summed E-state index contributed by atoms with van der Waals surface area (Å²) in [5, 5.41) is 9.52. The Morgan fingerprint density at radius 1 is 1.19 bits per heavy atom. The SMILES string of the molecule is Nc1ccc(C(=O)N(CCO)Cc2ccccc2)cc1Cl. The molecule has 3 N–H and O–H groups in total. The third-order valence-electron chi connectivity index (χ3n) is 3.12. The number of anilines is 1. The Morgan fingerprint density at radius 3 is 2.52 bits per heavy atom. The van der Waals surface area contributed by atoms with E-state index in [2.05, 4.69) is 0 Å². The van der Waals surface area contributed by atoms with Gasteiger partial charge in [-0.25, -0.2) is 0 Å². The lowest BCUT2D eigenvalue weighted by atomic mass is 10.1. The Balaban J connectivity index is 2.20. The van der Waals surface area contributed by atoms with Crippen molar-refractivity contribution in [2.75, 3.05) is 18.9 Å². The van der Waals surface area contributed by atoms with Crippen molar-refractivity contribution in [1.82, 2.24) is 4.90 Å². The molecule has 4 nitrogen and oxygen atoms in total. The zero-order valence-corrected chi connectivity index (χ0v) is 12.3. The second-order valence-electron chi connectivity index (χ2n) is 4.67. The van der Waals surface area contributed by atoms with Crippen LogP contribution in [-0.4, -0.2) is 29.1 Å². The minimum absolute atomic E-state index is 0.0960. The van der Waals surface area contributed by atoms with Crippen molar-refractivity contribution in [3.05, 3.63) is 64.7 Å². The van der Waals surface area contributed by atoms with Gasteiger partial charge in [0.25, 0.3) is 5.91 Å². The van der Waals surface area contributed by atoms with Crippen LogP contribution in [0.15, 0.2) is 48.5 Å². The fourth-order valence-corrected chi connectivity index (χ4v) is 2.20. The predicted molar refractivity (Wildman–Crippen MR) is 84.1 cm³/mol. The number of aliphatic hydroxyl groups is 1. The first-order valence-corrected chi connectivity index (χ1v) is 6.98. The lowest BCUT2D eigenvalue weighted by molar-refractivity contribution is 0.0708. The van der Waals surface area contributed by atoms with Gasteiger partial charge >= 0.3 is 0 Å².